The fraction of sp³-hybridized carbons (Fsp3) is 0.556. The monoisotopic (exact) mass is 244 g/mol. The first-order valence-electron chi connectivity index (χ1n) is 4.83. The van der Waals surface area contributed by atoms with Gasteiger partial charge in [0.1, 0.15) is 10.6 Å². The highest BCUT2D eigenvalue weighted by atomic mass is 32.1. The predicted octanol–water partition coefficient (Wildman–Crippen LogP) is -0.0981. The first-order chi connectivity index (χ1) is 7.52. The number of amides is 1. The van der Waals surface area contributed by atoms with Gasteiger partial charge in [-0.25, -0.2) is 0 Å². The van der Waals surface area contributed by atoms with Crippen molar-refractivity contribution in [3.05, 3.63) is 5.56 Å². The van der Waals surface area contributed by atoms with Crippen molar-refractivity contribution >= 4 is 28.3 Å². The topological polar surface area (TPSA) is 91.5 Å². The molecule has 6 nitrogen and oxygen atoms in total. The number of rotatable bonds is 4. The minimum absolute atomic E-state index is 0.00148. The Kier molecular flexibility index (Phi) is 4.08. The highest BCUT2D eigenvalue weighted by Crippen LogP contribution is 2.30. The molecule has 1 unspecified atom stereocenters. The number of hydrogen-bond donors (Lipinski definition) is 3. The molecular weight excluding hydrogens is 228 g/mol. The molecule has 16 heavy (non-hydrogen) atoms. The zero-order valence-corrected chi connectivity index (χ0v) is 10.3. The standard InChI is InChI=1S/C9H16N4O2S/c1-5(4-14)13(3)9-6(8(15)11-2)7(10)12-16-9/h5,14H,4H2,1-3H3,(H2,10,12)(H,11,15). The summed E-state index contributed by atoms with van der Waals surface area (Å²) in [6.07, 6.45) is 0. The Morgan fingerprint density at radius 2 is 2.38 bits per heavy atom. The summed E-state index contributed by atoms with van der Waals surface area (Å²) in [5.41, 5.74) is 6.02. The Morgan fingerprint density at radius 1 is 1.75 bits per heavy atom. The van der Waals surface area contributed by atoms with Crippen LogP contribution in [0.5, 0.6) is 0 Å². The van der Waals surface area contributed by atoms with E-state index < -0.39 is 0 Å². The molecule has 0 bridgehead atoms. The van der Waals surface area contributed by atoms with Crippen molar-refractivity contribution in [2.75, 3.05) is 31.3 Å². The number of nitrogens with zero attached hydrogens (tertiary/aromatic N) is 2. The maximum atomic E-state index is 11.6. The van der Waals surface area contributed by atoms with Gasteiger partial charge < -0.3 is 21.1 Å². The molecular formula is C9H16N4O2S. The molecule has 1 amide bonds. The minimum atomic E-state index is -0.266. The van der Waals surface area contributed by atoms with E-state index in [1.807, 2.05) is 6.92 Å². The smallest absolute Gasteiger partial charge is 0.257 e. The second-order valence-corrected chi connectivity index (χ2v) is 4.22. The lowest BCUT2D eigenvalue weighted by Crippen LogP contribution is -2.33. The summed E-state index contributed by atoms with van der Waals surface area (Å²) in [6.45, 7) is 1.85. The molecule has 1 aromatic rings. The van der Waals surface area contributed by atoms with Crippen molar-refractivity contribution in [3.8, 4) is 0 Å². The van der Waals surface area contributed by atoms with Crippen molar-refractivity contribution < 1.29 is 9.90 Å². The SMILES string of the molecule is CNC(=O)c1c(N)nsc1N(C)C(C)CO. The van der Waals surface area contributed by atoms with Crippen LogP contribution in [-0.4, -0.2) is 42.1 Å². The van der Waals surface area contributed by atoms with Crippen LogP contribution < -0.4 is 16.0 Å². The number of carbonyl (C=O) groups excluding carboxylic acids is 1. The molecule has 0 aromatic carbocycles. The van der Waals surface area contributed by atoms with E-state index in [0.29, 0.717) is 10.6 Å². The van der Waals surface area contributed by atoms with Gasteiger partial charge in [0.15, 0.2) is 5.82 Å². The summed E-state index contributed by atoms with van der Waals surface area (Å²) in [7, 11) is 3.33. The first-order valence-corrected chi connectivity index (χ1v) is 5.61. The fourth-order valence-corrected chi connectivity index (χ4v) is 2.07. The fourth-order valence-electron chi connectivity index (χ4n) is 1.20. The van der Waals surface area contributed by atoms with Crippen molar-refractivity contribution in [2.24, 2.45) is 0 Å². The highest BCUT2D eigenvalue weighted by molar-refractivity contribution is 7.11. The van der Waals surface area contributed by atoms with Gasteiger partial charge in [-0.3, -0.25) is 4.79 Å². The van der Waals surface area contributed by atoms with Crippen LogP contribution in [-0.2, 0) is 0 Å². The van der Waals surface area contributed by atoms with Crippen molar-refractivity contribution in [1.29, 1.82) is 0 Å². The Morgan fingerprint density at radius 3 is 2.88 bits per heavy atom. The zero-order chi connectivity index (χ0) is 12.3. The lowest BCUT2D eigenvalue weighted by molar-refractivity contribution is 0.0964. The molecule has 0 spiro atoms. The molecule has 1 heterocycles. The summed E-state index contributed by atoms with van der Waals surface area (Å²) >= 11 is 1.15. The van der Waals surface area contributed by atoms with Crippen LogP contribution >= 0.6 is 11.5 Å². The van der Waals surface area contributed by atoms with E-state index in [2.05, 4.69) is 9.69 Å². The Balaban J connectivity index is 3.09. The number of aliphatic hydroxyl groups excluding tert-OH is 1. The third kappa shape index (κ3) is 2.25. The van der Waals surface area contributed by atoms with Crippen LogP contribution in [0.3, 0.4) is 0 Å². The molecule has 1 aromatic heterocycles. The third-order valence-electron chi connectivity index (χ3n) is 2.40. The second kappa shape index (κ2) is 5.13. The molecule has 0 saturated heterocycles. The number of carbonyl (C=O) groups is 1. The van der Waals surface area contributed by atoms with E-state index in [1.54, 1.807) is 19.0 Å². The molecule has 0 fully saturated rings. The number of nitrogens with one attached hydrogen (secondary N) is 1. The molecule has 7 heteroatoms. The number of nitrogens with two attached hydrogens (primary N) is 1. The summed E-state index contributed by atoms with van der Waals surface area (Å²) in [4.78, 5) is 13.4. The molecule has 0 aliphatic rings. The van der Waals surface area contributed by atoms with Gasteiger partial charge in [0.25, 0.3) is 5.91 Å². The maximum absolute atomic E-state index is 11.6. The average Bonchev–Trinajstić information content (AvgIpc) is 2.68. The highest BCUT2D eigenvalue weighted by Gasteiger charge is 2.23. The van der Waals surface area contributed by atoms with Crippen LogP contribution in [0.4, 0.5) is 10.8 Å². The average molecular weight is 244 g/mol. The zero-order valence-electron chi connectivity index (χ0n) is 9.52. The number of aliphatic hydroxyl groups is 1. The number of aromatic nitrogens is 1. The van der Waals surface area contributed by atoms with Crippen LogP contribution in [0.15, 0.2) is 0 Å². The van der Waals surface area contributed by atoms with E-state index in [0.717, 1.165) is 11.5 Å². The lowest BCUT2D eigenvalue weighted by atomic mass is 10.2. The van der Waals surface area contributed by atoms with Gasteiger partial charge in [0.05, 0.1) is 6.61 Å². The number of nitrogen functional groups attached to an aromatic ring is 1. The molecule has 1 rings (SSSR count). The largest absolute Gasteiger partial charge is 0.394 e. The van der Waals surface area contributed by atoms with Gasteiger partial charge >= 0.3 is 0 Å². The Labute approximate surface area is 98.2 Å². The molecule has 0 radical (unpaired) electrons. The van der Waals surface area contributed by atoms with Gasteiger partial charge in [-0.2, -0.15) is 4.37 Å². The van der Waals surface area contributed by atoms with E-state index in [-0.39, 0.29) is 24.4 Å². The molecule has 0 aliphatic carbocycles. The van der Waals surface area contributed by atoms with Crippen molar-refractivity contribution in [2.45, 2.75) is 13.0 Å². The van der Waals surface area contributed by atoms with Gasteiger partial charge in [-0.1, -0.05) is 0 Å². The molecule has 0 aliphatic heterocycles. The van der Waals surface area contributed by atoms with Crippen LogP contribution in [0.1, 0.15) is 17.3 Å². The Hall–Kier alpha value is -1.34. The quantitative estimate of drug-likeness (QED) is 0.688. The molecule has 90 valence electrons. The van der Waals surface area contributed by atoms with Crippen molar-refractivity contribution in [3.63, 3.8) is 0 Å². The van der Waals surface area contributed by atoms with E-state index in [4.69, 9.17) is 10.8 Å². The summed E-state index contributed by atoms with van der Waals surface area (Å²) in [5, 5.41) is 12.3. The normalized spacial score (nSPS) is 12.2. The van der Waals surface area contributed by atoms with Gasteiger partial charge in [0.2, 0.25) is 0 Å². The van der Waals surface area contributed by atoms with E-state index >= 15 is 0 Å². The molecule has 1 atom stereocenters. The van der Waals surface area contributed by atoms with Gasteiger partial charge in [-0.15, -0.1) is 0 Å². The number of likely N-dealkylation sites (N-methyl/N-ethyl adjacent to an activating group) is 1. The number of anilines is 2. The molecule has 4 N–H and O–H groups in total. The van der Waals surface area contributed by atoms with E-state index in [9.17, 15) is 4.79 Å². The number of hydrogen-bond acceptors (Lipinski definition) is 6. The van der Waals surface area contributed by atoms with Gasteiger partial charge in [0, 0.05) is 20.1 Å². The van der Waals surface area contributed by atoms with E-state index in [1.165, 1.54) is 0 Å². The lowest BCUT2D eigenvalue weighted by Gasteiger charge is -2.24. The summed E-state index contributed by atoms with van der Waals surface area (Å²) in [6, 6.07) is -0.0942. The van der Waals surface area contributed by atoms with Gasteiger partial charge in [-0.05, 0) is 18.5 Å². The minimum Gasteiger partial charge on any atom is -0.394 e. The van der Waals surface area contributed by atoms with Crippen molar-refractivity contribution in [1.82, 2.24) is 9.69 Å². The van der Waals surface area contributed by atoms with Crippen LogP contribution in [0, 0.1) is 0 Å². The second-order valence-electron chi connectivity index (χ2n) is 3.47. The maximum Gasteiger partial charge on any atom is 0.257 e. The molecule has 0 saturated carbocycles. The van der Waals surface area contributed by atoms with Crippen LogP contribution in [0.25, 0.3) is 0 Å². The predicted molar refractivity (Wildman–Crippen MR) is 64.9 cm³/mol. The third-order valence-corrected chi connectivity index (χ3v) is 3.35. The Bertz CT molecular complexity index is 380. The first kappa shape index (κ1) is 12.7. The summed E-state index contributed by atoms with van der Waals surface area (Å²) in [5.74, 6) is -0.0467. The summed E-state index contributed by atoms with van der Waals surface area (Å²) < 4.78 is 3.96. The van der Waals surface area contributed by atoms with Crippen LogP contribution in [0.2, 0.25) is 0 Å².